The maximum atomic E-state index is 11.7. The molecule has 0 bridgehead atoms. The van der Waals surface area contributed by atoms with Gasteiger partial charge in [-0.15, -0.1) is 0 Å². The van der Waals surface area contributed by atoms with Gasteiger partial charge in [0.25, 0.3) is 5.69 Å². The van der Waals surface area contributed by atoms with Crippen LogP contribution in [0.2, 0.25) is 0 Å². The summed E-state index contributed by atoms with van der Waals surface area (Å²) in [5, 5.41) is 14.5. The number of hydrogen-bond acceptors (Lipinski definition) is 5. The van der Waals surface area contributed by atoms with Crippen molar-refractivity contribution < 1.29 is 14.1 Å². The van der Waals surface area contributed by atoms with Crippen molar-refractivity contribution in [2.45, 2.75) is 12.8 Å². The third kappa shape index (κ3) is 3.40. The van der Waals surface area contributed by atoms with E-state index in [1.165, 1.54) is 18.3 Å². The summed E-state index contributed by atoms with van der Waals surface area (Å²) in [6.07, 6.45) is 2.85. The molecule has 0 aliphatic heterocycles. The van der Waals surface area contributed by atoms with Gasteiger partial charge in [0.15, 0.2) is 0 Å². The predicted molar refractivity (Wildman–Crippen MR) is 88.4 cm³/mol. The second-order valence-corrected chi connectivity index (χ2v) is 5.60. The number of hydrazone groups is 1. The van der Waals surface area contributed by atoms with Gasteiger partial charge in [-0.1, -0.05) is 12.2 Å². The summed E-state index contributed by atoms with van der Waals surface area (Å²) in [6.45, 7) is 3.80. The van der Waals surface area contributed by atoms with Crippen LogP contribution in [0.3, 0.4) is 0 Å². The van der Waals surface area contributed by atoms with E-state index in [2.05, 4.69) is 17.1 Å². The van der Waals surface area contributed by atoms with Crippen molar-refractivity contribution in [3.8, 4) is 11.3 Å². The van der Waals surface area contributed by atoms with E-state index in [0.717, 1.165) is 11.1 Å². The molecule has 1 fully saturated rings. The zero-order valence-corrected chi connectivity index (χ0v) is 12.8. The van der Waals surface area contributed by atoms with Crippen molar-refractivity contribution in [3.05, 3.63) is 64.4 Å². The SMILES string of the molecule is C=C1CC(C(=O)N/N=C\c2ccc(-c3ccc([N+](=O)[O-])cc3)o2)C1. The molecule has 1 N–H and O–H groups in total. The Labute approximate surface area is 137 Å². The van der Waals surface area contributed by atoms with Crippen molar-refractivity contribution in [3.63, 3.8) is 0 Å². The van der Waals surface area contributed by atoms with E-state index in [4.69, 9.17) is 4.42 Å². The highest BCUT2D eigenvalue weighted by atomic mass is 16.6. The van der Waals surface area contributed by atoms with Crippen molar-refractivity contribution in [2.75, 3.05) is 0 Å². The summed E-state index contributed by atoms with van der Waals surface area (Å²) in [4.78, 5) is 21.9. The first-order valence-corrected chi connectivity index (χ1v) is 7.37. The molecule has 1 heterocycles. The largest absolute Gasteiger partial charge is 0.455 e. The molecule has 0 atom stereocenters. The Morgan fingerprint density at radius 2 is 2.00 bits per heavy atom. The van der Waals surface area contributed by atoms with Crippen molar-refractivity contribution in [1.82, 2.24) is 5.43 Å². The van der Waals surface area contributed by atoms with Crippen LogP contribution in [0.5, 0.6) is 0 Å². The number of carbonyl (C=O) groups excluding carboxylic acids is 1. The number of rotatable bonds is 5. The molecule has 24 heavy (non-hydrogen) atoms. The molecule has 1 amide bonds. The van der Waals surface area contributed by atoms with Gasteiger partial charge in [-0.3, -0.25) is 14.9 Å². The smallest absolute Gasteiger partial charge is 0.269 e. The maximum Gasteiger partial charge on any atom is 0.269 e. The lowest BCUT2D eigenvalue weighted by Crippen LogP contribution is -2.32. The Morgan fingerprint density at radius 1 is 1.29 bits per heavy atom. The van der Waals surface area contributed by atoms with Crippen LogP contribution >= 0.6 is 0 Å². The van der Waals surface area contributed by atoms with Gasteiger partial charge in [0.1, 0.15) is 11.5 Å². The first-order chi connectivity index (χ1) is 11.5. The summed E-state index contributed by atoms with van der Waals surface area (Å²) in [5.41, 5.74) is 4.30. The Hall–Kier alpha value is -3.22. The molecule has 1 aromatic heterocycles. The van der Waals surface area contributed by atoms with Gasteiger partial charge >= 0.3 is 0 Å². The van der Waals surface area contributed by atoms with Crippen LogP contribution in [0.1, 0.15) is 18.6 Å². The summed E-state index contributed by atoms with van der Waals surface area (Å²) < 4.78 is 5.59. The topological polar surface area (TPSA) is 97.7 Å². The number of non-ortho nitro benzene ring substituents is 1. The zero-order chi connectivity index (χ0) is 17.1. The van der Waals surface area contributed by atoms with Crippen molar-refractivity contribution in [2.24, 2.45) is 11.0 Å². The van der Waals surface area contributed by atoms with Gasteiger partial charge in [-0.05, 0) is 37.1 Å². The second-order valence-electron chi connectivity index (χ2n) is 5.60. The summed E-state index contributed by atoms with van der Waals surface area (Å²) in [5.74, 6) is 0.873. The molecule has 7 heteroatoms. The van der Waals surface area contributed by atoms with E-state index in [9.17, 15) is 14.9 Å². The normalized spacial score (nSPS) is 14.6. The van der Waals surface area contributed by atoms with E-state index in [0.29, 0.717) is 24.4 Å². The van der Waals surface area contributed by atoms with Crippen molar-refractivity contribution >= 4 is 17.8 Å². The van der Waals surface area contributed by atoms with Crippen LogP contribution in [0.15, 0.2) is 58.1 Å². The van der Waals surface area contributed by atoms with E-state index >= 15 is 0 Å². The second kappa shape index (κ2) is 6.49. The van der Waals surface area contributed by atoms with E-state index < -0.39 is 4.92 Å². The lowest BCUT2D eigenvalue weighted by Gasteiger charge is -2.25. The number of benzene rings is 1. The molecule has 0 saturated heterocycles. The summed E-state index contributed by atoms with van der Waals surface area (Å²) in [7, 11) is 0. The first kappa shape index (κ1) is 15.7. The number of allylic oxidation sites excluding steroid dienone is 1. The Bertz CT molecular complexity index is 813. The number of nitrogens with one attached hydrogen (secondary N) is 1. The molecule has 1 aliphatic rings. The Balaban J connectivity index is 1.60. The standard InChI is InChI=1S/C17H15N3O4/c1-11-8-13(9-11)17(21)19-18-10-15-6-7-16(24-15)12-2-4-14(5-3-12)20(22)23/h2-7,10,13H,1,8-9H2,(H,19,21)/b18-10-. The maximum absolute atomic E-state index is 11.7. The van der Waals surface area contributed by atoms with Crippen LogP contribution < -0.4 is 5.43 Å². The van der Waals surface area contributed by atoms with Crippen LogP contribution in [-0.4, -0.2) is 17.0 Å². The fourth-order valence-corrected chi connectivity index (χ4v) is 2.40. The number of amides is 1. The predicted octanol–water partition coefficient (Wildman–Crippen LogP) is 3.27. The van der Waals surface area contributed by atoms with Crippen molar-refractivity contribution in [1.29, 1.82) is 0 Å². The number of carbonyl (C=O) groups is 1. The number of nitro benzene ring substituents is 1. The van der Waals surface area contributed by atoms with Gasteiger partial charge in [0.2, 0.25) is 5.91 Å². The number of hydrogen-bond donors (Lipinski definition) is 1. The van der Waals surface area contributed by atoms with E-state index in [1.54, 1.807) is 24.3 Å². The molecule has 7 nitrogen and oxygen atoms in total. The van der Waals surface area contributed by atoms with E-state index in [-0.39, 0.29) is 17.5 Å². The molecule has 2 aromatic rings. The van der Waals surface area contributed by atoms with Gasteiger partial charge in [-0.25, -0.2) is 5.43 Å². The Kier molecular flexibility index (Phi) is 4.24. The molecule has 3 rings (SSSR count). The molecule has 1 aliphatic carbocycles. The molecule has 122 valence electrons. The highest BCUT2D eigenvalue weighted by molar-refractivity contribution is 5.83. The molecule has 0 radical (unpaired) electrons. The molecule has 1 aromatic carbocycles. The average molecular weight is 325 g/mol. The minimum atomic E-state index is -0.454. The molecular formula is C17H15N3O4. The third-order valence-electron chi connectivity index (χ3n) is 3.80. The lowest BCUT2D eigenvalue weighted by molar-refractivity contribution is -0.384. The van der Waals surface area contributed by atoms with Gasteiger partial charge in [0.05, 0.1) is 11.1 Å². The quantitative estimate of drug-likeness (QED) is 0.395. The highest BCUT2D eigenvalue weighted by Gasteiger charge is 2.28. The fraction of sp³-hybridized carbons (Fsp3) is 0.176. The number of furan rings is 1. The molecule has 0 spiro atoms. The van der Waals surface area contributed by atoms with Crippen LogP contribution in [-0.2, 0) is 4.79 Å². The number of nitrogens with zero attached hydrogens (tertiary/aromatic N) is 2. The van der Waals surface area contributed by atoms with Gasteiger partial charge in [-0.2, -0.15) is 5.10 Å². The summed E-state index contributed by atoms with van der Waals surface area (Å²) >= 11 is 0. The summed E-state index contributed by atoms with van der Waals surface area (Å²) in [6, 6.07) is 9.50. The lowest BCUT2D eigenvalue weighted by atomic mass is 9.81. The van der Waals surface area contributed by atoms with Gasteiger partial charge in [0, 0.05) is 23.6 Å². The van der Waals surface area contributed by atoms with Crippen LogP contribution in [0, 0.1) is 16.0 Å². The first-order valence-electron chi connectivity index (χ1n) is 7.37. The Morgan fingerprint density at radius 3 is 2.62 bits per heavy atom. The van der Waals surface area contributed by atoms with Crippen LogP contribution in [0.4, 0.5) is 5.69 Å². The minimum Gasteiger partial charge on any atom is -0.455 e. The third-order valence-corrected chi connectivity index (χ3v) is 3.80. The molecular weight excluding hydrogens is 310 g/mol. The monoisotopic (exact) mass is 325 g/mol. The zero-order valence-electron chi connectivity index (χ0n) is 12.8. The van der Waals surface area contributed by atoms with Crippen LogP contribution in [0.25, 0.3) is 11.3 Å². The molecule has 1 saturated carbocycles. The minimum absolute atomic E-state index is 0.0217. The number of nitro groups is 1. The fourth-order valence-electron chi connectivity index (χ4n) is 2.40. The average Bonchev–Trinajstić information content (AvgIpc) is 3.00. The van der Waals surface area contributed by atoms with E-state index in [1.807, 2.05) is 0 Å². The highest BCUT2D eigenvalue weighted by Crippen LogP contribution is 2.31. The molecule has 0 unspecified atom stereocenters. The van der Waals surface area contributed by atoms with Gasteiger partial charge < -0.3 is 4.42 Å².